The molecule has 2 aromatic rings. The molecule has 5 rings (SSSR count). The lowest BCUT2D eigenvalue weighted by Gasteiger charge is -2.36. The van der Waals surface area contributed by atoms with E-state index < -0.39 is 0 Å². The van der Waals surface area contributed by atoms with Crippen molar-refractivity contribution in [2.24, 2.45) is 5.92 Å². The topological polar surface area (TPSA) is 78.4 Å². The van der Waals surface area contributed by atoms with E-state index in [0.717, 1.165) is 44.5 Å². The molecular weight excluding hydrogens is 342 g/mol. The van der Waals surface area contributed by atoms with Gasteiger partial charge in [0.15, 0.2) is 11.6 Å². The molecule has 1 saturated heterocycles. The number of aromatic nitrogens is 2. The maximum Gasteiger partial charge on any atom is 0.329 e. The lowest BCUT2D eigenvalue weighted by Crippen LogP contribution is -2.48. The highest BCUT2D eigenvalue weighted by Gasteiger charge is 2.41. The van der Waals surface area contributed by atoms with Crippen LogP contribution in [0.2, 0.25) is 0 Å². The molecule has 1 N–H and O–H groups in total. The van der Waals surface area contributed by atoms with Gasteiger partial charge in [-0.05, 0) is 43.5 Å². The molecule has 1 saturated carbocycles. The van der Waals surface area contributed by atoms with Crippen LogP contribution in [0.1, 0.15) is 36.2 Å². The third-order valence-electron chi connectivity index (χ3n) is 5.80. The predicted octanol–water partition coefficient (Wildman–Crippen LogP) is 3.09. The number of carbonyl (C=O) groups is 2. The quantitative estimate of drug-likeness (QED) is 0.848. The number of fused-ring (bicyclic) bond motifs is 4. The molecule has 7 nitrogen and oxygen atoms in total. The molecule has 4 heterocycles. The van der Waals surface area contributed by atoms with Crippen LogP contribution >= 0.6 is 0 Å². The van der Waals surface area contributed by atoms with Gasteiger partial charge in [0.05, 0.1) is 11.7 Å². The Labute approximate surface area is 157 Å². The second kappa shape index (κ2) is 6.33. The van der Waals surface area contributed by atoms with Crippen LogP contribution in [0.3, 0.4) is 0 Å². The highest BCUT2D eigenvalue weighted by molar-refractivity contribution is 6.05. The minimum atomic E-state index is -0.248. The van der Waals surface area contributed by atoms with Gasteiger partial charge in [-0.1, -0.05) is 12.5 Å². The van der Waals surface area contributed by atoms with E-state index in [9.17, 15) is 9.59 Å². The van der Waals surface area contributed by atoms with E-state index in [1.54, 1.807) is 23.2 Å². The van der Waals surface area contributed by atoms with E-state index >= 15 is 0 Å². The van der Waals surface area contributed by atoms with Crippen molar-refractivity contribution < 1.29 is 9.59 Å². The van der Waals surface area contributed by atoms with Crippen molar-refractivity contribution >= 4 is 29.1 Å². The number of pyridine rings is 2. The summed E-state index contributed by atoms with van der Waals surface area (Å²) in [6, 6.07) is 8.96. The van der Waals surface area contributed by atoms with Crippen molar-refractivity contribution in [3.8, 4) is 0 Å². The number of nitrogens with one attached hydrogen (secondary N) is 1. The van der Waals surface area contributed by atoms with E-state index in [-0.39, 0.29) is 23.8 Å². The molecule has 27 heavy (non-hydrogen) atoms. The fraction of sp³-hybridized carbons (Fsp3) is 0.400. The lowest BCUT2D eigenvalue weighted by molar-refractivity contribution is 0.0850. The summed E-state index contributed by atoms with van der Waals surface area (Å²) in [5.74, 6) is 1.28. The minimum absolute atomic E-state index is 0.0581. The third-order valence-corrected chi connectivity index (χ3v) is 5.80. The molecule has 2 bridgehead atoms. The molecule has 138 valence electrons. The Balaban J connectivity index is 1.49. The van der Waals surface area contributed by atoms with E-state index in [2.05, 4.69) is 20.2 Å². The average molecular weight is 363 g/mol. The number of carbonyl (C=O) groups excluding carboxylic acids is 2. The van der Waals surface area contributed by atoms with Crippen LogP contribution in [0.4, 0.5) is 22.1 Å². The maximum atomic E-state index is 13.0. The summed E-state index contributed by atoms with van der Waals surface area (Å²) >= 11 is 0. The van der Waals surface area contributed by atoms with Gasteiger partial charge in [-0.25, -0.2) is 14.8 Å². The molecule has 0 spiro atoms. The molecule has 2 fully saturated rings. The zero-order valence-electron chi connectivity index (χ0n) is 15.0. The summed E-state index contributed by atoms with van der Waals surface area (Å²) in [7, 11) is 0. The van der Waals surface area contributed by atoms with Crippen molar-refractivity contribution in [1.29, 1.82) is 0 Å². The first-order valence-corrected chi connectivity index (χ1v) is 9.52. The van der Waals surface area contributed by atoms with Gasteiger partial charge in [-0.3, -0.25) is 15.0 Å². The van der Waals surface area contributed by atoms with Crippen LogP contribution in [0.25, 0.3) is 0 Å². The molecular formula is C20H21N5O2. The molecule has 0 aromatic carbocycles. The number of ketones is 1. The number of amides is 2. The standard InChI is InChI=1S/C20H21N5O2/c26-18(13-4-3-5-13)15-7-8-16-19(22-15)25(14-9-11-24(16)12-14)20(27)23-17-6-1-2-10-21-17/h1-2,6-8,10,13-14H,3-5,9,11-12H2,(H,21,23,27)/t14-/m0/s1. The fourth-order valence-corrected chi connectivity index (χ4v) is 4.09. The Morgan fingerprint density at radius 1 is 1.11 bits per heavy atom. The predicted molar refractivity (Wildman–Crippen MR) is 102 cm³/mol. The molecule has 0 unspecified atom stereocenters. The zero-order chi connectivity index (χ0) is 18.4. The summed E-state index contributed by atoms with van der Waals surface area (Å²) in [4.78, 5) is 38.5. The second-order valence-corrected chi connectivity index (χ2v) is 7.43. The molecule has 0 radical (unpaired) electrons. The van der Waals surface area contributed by atoms with Gasteiger partial charge in [0.2, 0.25) is 0 Å². The highest BCUT2D eigenvalue weighted by Crippen LogP contribution is 2.40. The van der Waals surface area contributed by atoms with Gasteiger partial charge < -0.3 is 4.90 Å². The van der Waals surface area contributed by atoms with Gasteiger partial charge in [0, 0.05) is 25.2 Å². The minimum Gasteiger partial charge on any atom is -0.366 e. The van der Waals surface area contributed by atoms with Crippen LogP contribution in [0.5, 0.6) is 0 Å². The van der Waals surface area contributed by atoms with Crippen molar-refractivity contribution in [1.82, 2.24) is 9.97 Å². The van der Waals surface area contributed by atoms with E-state index in [1.807, 2.05) is 18.2 Å². The zero-order valence-corrected chi connectivity index (χ0v) is 15.0. The highest BCUT2D eigenvalue weighted by atomic mass is 16.2. The molecule has 2 aliphatic heterocycles. The number of hydrogen-bond donors (Lipinski definition) is 1. The number of hydrogen-bond acceptors (Lipinski definition) is 5. The number of Topliss-reactive ketones (excluding diaryl/α,β-unsaturated/α-hetero) is 1. The van der Waals surface area contributed by atoms with Gasteiger partial charge >= 0.3 is 6.03 Å². The SMILES string of the molecule is O=C(c1ccc2c(n1)N(C(=O)Nc1ccccn1)[C@H]1CCN2C1)C1CCC1. The number of anilines is 3. The normalized spacial score (nSPS) is 20.8. The van der Waals surface area contributed by atoms with Crippen molar-refractivity contribution in [3.63, 3.8) is 0 Å². The van der Waals surface area contributed by atoms with E-state index in [4.69, 9.17) is 0 Å². The summed E-state index contributed by atoms with van der Waals surface area (Å²) in [5, 5.41) is 2.86. The lowest BCUT2D eigenvalue weighted by atomic mass is 9.81. The van der Waals surface area contributed by atoms with Crippen LogP contribution < -0.4 is 15.1 Å². The molecule has 7 heteroatoms. The first-order chi connectivity index (χ1) is 13.2. The molecule has 2 amide bonds. The van der Waals surface area contributed by atoms with Gasteiger partial charge in [-0.15, -0.1) is 0 Å². The molecule has 1 aliphatic carbocycles. The number of rotatable bonds is 3. The average Bonchev–Trinajstić information content (AvgIpc) is 3.05. The van der Waals surface area contributed by atoms with Gasteiger partial charge in [-0.2, -0.15) is 0 Å². The first-order valence-electron chi connectivity index (χ1n) is 9.52. The van der Waals surface area contributed by atoms with Crippen molar-refractivity contribution in [2.75, 3.05) is 28.2 Å². The summed E-state index contributed by atoms with van der Waals surface area (Å²) < 4.78 is 0. The molecule has 2 aromatic heterocycles. The third kappa shape index (κ3) is 2.74. The summed E-state index contributed by atoms with van der Waals surface area (Å²) in [6.45, 7) is 1.68. The van der Waals surface area contributed by atoms with Gasteiger partial charge in [0.25, 0.3) is 0 Å². The Hall–Kier alpha value is -2.96. The number of urea groups is 1. The Morgan fingerprint density at radius 2 is 2.00 bits per heavy atom. The monoisotopic (exact) mass is 363 g/mol. The van der Waals surface area contributed by atoms with E-state index in [1.165, 1.54) is 0 Å². The van der Waals surface area contributed by atoms with Crippen molar-refractivity contribution in [2.45, 2.75) is 31.7 Å². The van der Waals surface area contributed by atoms with Crippen molar-refractivity contribution in [3.05, 3.63) is 42.2 Å². The second-order valence-electron chi connectivity index (χ2n) is 7.43. The van der Waals surface area contributed by atoms with Crippen LogP contribution in [-0.2, 0) is 0 Å². The molecule has 3 aliphatic rings. The number of nitrogens with zero attached hydrogens (tertiary/aromatic N) is 4. The fourth-order valence-electron chi connectivity index (χ4n) is 4.09. The Morgan fingerprint density at radius 3 is 2.74 bits per heavy atom. The Kier molecular flexibility index (Phi) is 3.81. The summed E-state index contributed by atoms with van der Waals surface area (Å²) in [6.07, 6.45) is 5.52. The largest absolute Gasteiger partial charge is 0.366 e. The first kappa shape index (κ1) is 16.2. The smallest absolute Gasteiger partial charge is 0.329 e. The van der Waals surface area contributed by atoms with Crippen LogP contribution in [0, 0.1) is 5.92 Å². The maximum absolute atomic E-state index is 13.0. The summed E-state index contributed by atoms with van der Waals surface area (Å²) in [5.41, 5.74) is 1.39. The van der Waals surface area contributed by atoms with E-state index in [0.29, 0.717) is 17.3 Å². The van der Waals surface area contributed by atoms with Crippen LogP contribution in [-0.4, -0.2) is 40.9 Å². The van der Waals surface area contributed by atoms with Gasteiger partial charge in [0.1, 0.15) is 11.5 Å². The van der Waals surface area contributed by atoms with Crippen LogP contribution in [0.15, 0.2) is 36.5 Å². The Bertz CT molecular complexity index is 897. The molecule has 1 atom stereocenters.